The molecule has 1 atom stereocenters. The summed E-state index contributed by atoms with van der Waals surface area (Å²) in [7, 11) is 0. The number of nitrogens with zero attached hydrogens (tertiary/aromatic N) is 2. The number of halogens is 3. The van der Waals surface area contributed by atoms with E-state index in [-0.39, 0.29) is 17.9 Å². The van der Waals surface area contributed by atoms with E-state index in [1.807, 2.05) is 0 Å². The molecule has 0 saturated heterocycles. The van der Waals surface area contributed by atoms with Gasteiger partial charge in [-0.05, 0) is 94.6 Å². The van der Waals surface area contributed by atoms with E-state index in [9.17, 15) is 32.7 Å². The number of amides is 3. The minimum atomic E-state index is -4.95. The Morgan fingerprint density at radius 2 is 1.35 bits per heavy atom. The van der Waals surface area contributed by atoms with Crippen LogP contribution in [0.2, 0.25) is 0 Å². The molecule has 0 aliphatic heterocycles. The summed E-state index contributed by atoms with van der Waals surface area (Å²) >= 11 is 0. The summed E-state index contributed by atoms with van der Waals surface area (Å²) in [5.41, 5.74) is -1.53. The fourth-order valence-corrected chi connectivity index (χ4v) is 4.56. The van der Waals surface area contributed by atoms with E-state index >= 15 is 0 Å². The molecule has 0 radical (unpaired) electrons. The van der Waals surface area contributed by atoms with Crippen LogP contribution in [0.1, 0.15) is 80.4 Å². The van der Waals surface area contributed by atoms with Crippen LogP contribution in [0.5, 0.6) is 0 Å². The second-order valence-corrected chi connectivity index (χ2v) is 13.1. The SMILES string of the molecule is CC(C)(C)OC(=O)NCc1cccc(-n2cc(C(=O)Nc3cccc(C(O)c4cccc(NC(=O)OC(C)(C)C)c4)c3)c(C(F)(F)F)n2)c1. The number of aliphatic hydroxyl groups is 1. The summed E-state index contributed by atoms with van der Waals surface area (Å²) in [5, 5.41) is 22.4. The standard InChI is InChI=1S/C35H38F3N5O6/c1-33(2,3)48-31(46)39-19-21-10-7-15-26(16-21)43-20-27(29(42-43)35(36,37)38)30(45)40-24-13-8-11-22(17-24)28(44)23-12-9-14-25(18-23)41-32(47)49-34(4,5)6/h7-18,20,28,44H,19H2,1-6H3,(H,39,46)(H,40,45)(H,41,47). The van der Waals surface area contributed by atoms with Crippen LogP contribution < -0.4 is 16.0 Å². The zero-order valence-electron chi connectivity index (χ0n) is 27.8. The van der Waals surface area contributed by atoms with Crippen molar-refractivity contribution in [3.05, 3.63) is 107 Å². The summed E-state index contributed by atoms with van der Waals surface area (Å²) in [6, 6.07) is 18.7. The predicted octanol–water partition coefficient (Wildman–Crippen LogP) is 7.60. The van der Waals surface area contributed by atoms with Gasteiger partial charge in [0.2, 0.25) is 0 Å². The minimum Gasteiger partial charge on any atom is -0.444 e. The number of alkyl halides is 3. The Kier molecular flexibility index (Phi) is 10.7. The van der Waals surface area contributed by atoms with Crippen molar-refractivity contribution < 1.29 is 42.1 Å². The highest BCUT2D eigenvalue weighted by Gasteiger charge is 2.39. The van der Waals surface area contributed by atoms with Crippen LogP contribution in [0, 0.1) is 0 Å². The Labute approximate surface area is 281 Å². The Morgan fingerprint density at radius 3 is 1.92 bits per heavy atom. The summed E-state index contributed by atoms with van der Waals surface area (Å²) in [6.07, 6.45) is -6.52. The molecule has 4 aromatic rings. The number of ether oxygens (including phenoxy) is 2. The van der Waals surface area contributed by atoms with E-state index < -0.39 is 52.8 Å². The first-order valence-electron chi connectivity index (χ1n) is 15.2. The van der Waals surface area contributed by atoms with Crippen LogP contribution in [0.25, 0.3) is 5.69 Å². The van der Waals surface area contributed by atoms with E-state index in [0.717, 1.165) is 10.9 Å². The largest absolute Gasteiger partial charge is 0.444 e. The van der Waals surface area contributed by atoms with Gasteiger partial charge in [0.1, 0.15) is 17.3 Å². The lowest BCUT2D eigenvalue weighted by Gasteiger charge is -2.20. The Morgan fingerprint density at radius 1 is 0.796 bits per heavy atom. The molecule has 4 rings (SSSR count). The van der Waals surface area contributed by atoms with Gasteiger partial charge in [0.15, 0.2) is 5.69 Å². The first-order valence-corrected chi connectivity index (χ1v) is 15.2. The first kappa shape index (κ1) is 36.5. The zero-order chi connectivity index (χ0) is 36.1. The summed E-state index contributed by atoms with van der Waals surface area (Å²) in [4.78, 5) is 37.5. The molecule has 4 N–H and O–H groups in total. The van der Waals surface area contributed by atoms with Crippen LogP contribution in [0.3, 0.4) is 0 Å². The quantitative estimate of drug-likeness (QED) is 0.150. The van der Waals surface area contributed by atoms with Gasteiger partial charge in [-0.2, -0.15) is 18.3 Å². The summed E-state index contributed by atoms with van der Waals surface area (Å²) < 4.78 is 53.6. The van der Waals surface area contributed by atoms with Crippen molar-refractivity contribution in [3.8, 4) is 5.69 Å². The highest BCUT2D eigenvalue weighted by atomic mass is 19.4. The van der Waals surface area contributed by atoms with Crippen LogP contribution in [-0.2, 0) is 22.2 Å². The van der Waals surface area contributed by atoms with Crippen LogP contribution in [-0.4, -0.2) is 44.2 Å². The maximum atomic E-state index is 14.1. The van der Waals surface area contributed by atoms with Crippen molar-refractivity contribution in [1.82, 2.24) is 15.1 Å². The van der Waals surface area contributed by atoms with Crippen LogP contribution in [0.15, 0.2) is 79.0 Å². The van der Waals surface area contributed by atoms with Gasteiger partial charge in [0.25, 0.3) is 5.91 Å². The molecule has 0 spiro atoms. The molecule has 0 aliphatic carbocycles. The number of carbonyl (C=O) groups excluding carboxylic acids is 3. The monoisotopic (exact) mass is 681 g/mol. The van der Waals surface area contributed by atoms with Gasteiger partial charge in [0, 0.05) is 24.1 Å². The van der Waals surface area contributed by atoms with E-state index in [2.05, 4.69) is 21.0 Å². The molecular formula is C35H38F3N5O6. The number of hydrogen-bond donors (Lipinski definition) is 4. The molecule has 3 aromatic carbocycles. The highest BCUT2D eigenvalue weighted by Crippen LogP contribution is 2.32. The topological polar surface area (TPSA) is 144 Å². The Balaban J connectivity index is 1.52. The van der Waals surface area contributed by atoms with E-state index in [4.69, 9.17) is 9.47 Å². The number of anilines is 2. The number of aromatic nitrogens is 2. The van der Waals surface area contributed by atoms with Gasteiger partial charge >= 0.3 is 18.4 Å². The smallest absolute Gasteiger partial charge is 0.435 e. The van der Waals surface area contributed by atoms with Crippen molar-refractivity contribution in [3.63, 3.8) is 0 Å². The molecule has 1 heterocycles. The molecule has 1 unspecified atom stereocenters. The van der Waals surface area contributed by atoms with Crippen molar-refractivity contribution >= 4 is 29.5 Å². The lowest BCUT2D eigenvalue weighted by Crippen LogP contribution is -2.32. The number of aliphatic hydroxyl groups excluding tert-OH is 1. The molecule has 0 saturated carbocycles. The van der Waals surface area contributed by atoms with Gasteiger partial charge in [-0.1, -0.05) is 36.4 Å². The zero-order valence-corrected chi connectivity index (χ0v) is 27.8. The number of alkyl carbamates (subject to hydrolysis) is 1. The van der Waals surface area contributed by atoms with Crippen molar-refractivity contribution in [2.45, 2.75) is 71.6 Å². The average Bonchev–Trinajstić information content (AvgIpc) is 3.45. The third kappa shape index (κ3) is 10.6. The summed E-state index contributed by atoms with van der Waals surface area (Å²) in [6.45, 7) is 10.4. The normalized spacial score (nSPS) is 12.5. The predicted molar refractivity (Wildman–Crippen MR) is 176 cm³/mol. The molecule has 14 heteroatoms. The maximum Gasteiger partial charge on any atom is 0.435 e. The second-order valence-electron chi connectivity index (χ2n) is 13.1. The second kappa shape index (κ2) is 14.4. The van der Waals surface area contributed by atoms with E-state index in [1.165, 1.54) is 30.3 Å². The molecular weight excluding hydrogens is 643 g/mol. The van der Waals surface area contributed by atoms with Crippen molar-refractivity contribution in [1.29, 1.82) is 0 Å². The van der Waals surface area contributed by atoms with Gasteiger partial charge < -0.3 is 25.2 Å². The lowest BCUT2D eigenvalue weighted by molar-refractivity contribution is -0.141. The number of hydrogen-bond acceptors (Lipinski definition) is 7. The number of rotatable bonds is 8. The van der Waals surface area contributed by atoms with Gasteiger partial charge in [-0.3, -0.25) is 10.1 Å². The third-order valence-corrected chi connectivity index (χ3v) is 6.55. The molecule has 260 valence electrons. The van der Waals surface area contributed by atoms with Gasteiger partial charge in [-0.15, -0.1) is 0 Å². The number of nitrogens with one attached hydrogen (secondary N) is 3. The van der Waals surface area contributed by atoms with Crippen LogP contribution in [0.4, 0.5) is 34.1 Å². The first-order chi connectivity index (χ1) is 22.8. The number of carbonyl (C=O) groups is 3. The number of benzene rings is 3. The molecule has 0 bridgehead atoms. The Bertz CT molecular complexity index is 1830. The molecule has 11 nitrogen and oxygen atoms in total. The fraction of sp³-hybridized carbons (Fsp3) is 0.314. The molecule has 49 heavy (non-hydrogen) atoms. The molecule has 0 fully saturated rings. The maximum absolute atomic E-state index is 14.1. The lowest BCUT2D eigenvalue weighted by atomic mass is 10.0. The van der Waals surface area contributed by atoms with Crippen molar-refractivity contribution in [2.24, 2.45) is 0 Å². The third-order valence-electron chi connectivity index (χ3n) is 6.55. The van der Waals surface area contributed by atoms with Gasteiger partial charge in [-0.25, -0.2) is 14.3 Å². The molecule has 0 aliphatic rings. The Hall–Kier alpha value is -5.37. The molecule has 3 amide bonds. The van der Waals surface area contributed by atoms with Crippen LogP contribution >= 0.6 is 0 Å². The molecule has 1 aromatic heterocycles. The van der Waals surface area contributed by atoms with Gasteiger partial charge in [0.05, 0.1) is 11.3 Å². The fourth-order valence-electron chi connectivity index (χ4n) is 4.56. The minimum absolute atomic E-state index is 0.0379. The highest BCUT2D eigenvalue weighted by molar-refractivity contribution is 6.05. The van der Waals surface area contributed by atoms with E-state index in [1.54, 1.807) is 84.0 Å². The average molecular weight is 682 g/mol. The van der Waals surface area contributed by atoms with Crippen molar-refractivity contribution in [2.75, 3.05) is 10.6 Å². The van der Waals surface area contributed by atoms with E-state index in [0.29, 0.717) is 22.4 Å². The summed E-state index contributed by atoms with van der Waals surface area (Å²) in [5.74, 6) is -1.07.